The highest BCUT2D eigenvalue weighted by Gasteiger charge is 2.16. The Hall–Kier alpha value is -3.35. The Balaban J connectivity index is 2.38. The molecule has 10 nitrogen and oxygen atoms in total. The van der Waals surface area contributed by atoms with Gasteiger partial charge < -0.3 is 10.2 Å². The van der Waals surface area contributed by atoms with Crippen LogP contribution in [-0.4, -0.2) is 43.8 Å². The maximum absolute atomic E-state index is 12.0. The van der Waals surface area contributed by atoms with Crippen molar-refractivity contribution in [2.75, 3.05) is 19.4 Å². The number of likely N-dealkylation sites (N-methyl/N-ethyl adjacent to an activating group) is 1. The second-order valence-electron chi connectivity index (χ2n) is 5.38. The van der Waals surface area contributed by atoms with E-state index in [1.54, 1.807) is 26.4 Å². The highest BCUT2D eigenvalue weighted by atomic mass is 16.2. The molecule has 1 N–H and O–H groups in total. The molecule has 0 aliphatic rings. The van der Waals surface area contributed by atoms with Crippen LogP contribution in [0.2, 0.25) is 0 Å². The monoisotopic (exact) mass is 331 g/mol. The fourth-order valence-electron chi connectivity index (χ4n) is 2.02. The summed E-state index contributed by atoms with van der Waals surface area (Å²) in [5.74, 6) is -0.0626. The summed E-state index contributed by atoms with van der Waals surface area (Å²) >= 11 is 0. The van der Waals surface area contributed by atoms with Gasteiger partial charge in [-0.15, -0.1) is 0 Å². The first-order valence-corrected chi connectivity index (χ1v) is 6.96. The van der Waals surface area contributed by atoms with Crippen LogP contribution in [0.15, 0.2) is 22.0 Å². The summed E-state index contributed by atoms with van der Waals surface area (Å²) in [6.45, 7) is 0.0509. The number of amides is 1. The lowest BCUT2D eigenvalue weighted by Gasteiger charge is -2.12. The predicted octanol–water partition coefficient (Wildman–Crippen LogP) is -1.02. The zero-order valence-corrected chi connectivity index (χ0v) is 13.8. The van der Waals surface area contributed by atoms with Crippen LogP contribution in [-0.2, 0) is 25.4 Å². The number of hydrogen-bond acceptors (Lipinski definition) is 6. The first-order valence-electron chi connectivity index (χ1n) is 6.96. The van der Waals surface area contributed by atoms with E-state index in [1.165, 1.54) is 34.4 Å². The molecule has 0 saturated carbocycles. The lowest BCUT2D eigenvalue weighted by Crippen LogP contribution is -2.39. The van der Waals surface area contributed by atoms with E-state index in [0.29, 0.717) is 5.69 Å². The van der Waals surface area contributed by atoms with Gasteiger partial charge in [-0.1, -0.05) is 0 Å². The average molecular weight is 331 g/mol. The van der Waals surface area contributed by atoms with Crippen LogP contribution in [0.3, 0.4) is 0 Å². The van der Waals surface area contributed by atoms with Gasteiger partial charge in [0, 0.05) is 34.4 Å². The molecule has 126 valence electrons. The van der Waals surface area contributed by atoms with Crippen molar-refractivity contribution in [1.29, 1.82) is 5.26 Å². The van der Waals surface area contributed by atoms with Crippen LogP contribution in [0.1, 0.15) is 5.56 Å². The number of nitriles is 1. The lowest BCUT2D eigenvalue weighted by atomic mass is 10.3. The highest BCUT2D eigenvalue weighted by Crippen LogP contribution is 2.15. The molecule has 0 aromatic carbocycles. The van der Waals surface area contributed by atoms with Gasteiger partial charge in [-0.3, -0.25) is 23.4 Å². The smallest absolute Gasteiger partial charge is 0.332 e. The molecule has 2 rings (SSSR count). The first-order chi connectivity index (χ1) is 11.3. The Morgan fingerprint density at radius 2 is 2.00 bits per heavy atom. The zero-order chi connectivity index (χ0) is 18.0. The first kappa shape index (κ1) is 17.0. The molecule has 0 fully saturated rings. The van der Waals surface area contributed by atoms with Crippen molar-refractivity contribution < 1.29 is 4.79 Å². The van der Waals surface area contributed by atoms with Gasteiger partial charge in [0.2, 0.25) is 5.91 Å². The Morgan fingerprint density at radius 3 is 2.58 bits per heavy atom. The van der Waals surface area contributed by atoms with Crippen molar-refractivity contribution in [3.63, 3.8) is 0 Å². The maximum atomic E-state index is 12.0. The molecule has 2 aromatic heterocycles. The second kappa shape index (κ2) is 6.41. The van der Waals surface area contributed by atoms with Gasteiger partial charge in [-0.25, -0.2) is 4.79 Å². The molecule has 0 bridgehead atoms. The van der Waals surface area contributed by atoms with Crippen LogP contribution in [0, 0.1) is 11.3 Å². The van der Waals surface area contributed by atoms with E-state index in [4.69, 9.17) is 0 Å². The molecule has 2 heterocycles. The largest absolute Gasteiger partial charge is 0.347 e. The minimum Gasteiger partial charge on any atom is -0.347 e. The van der Waals surface area contributed by atoms with Gasteiger partial charge in [-0.05, 0) is 0 Å². The van der Waals surface area contributed by atoms with E-state index in [1.807, 2.05) is 0 Å². The number of aromatic nitrogens is 4. The Kier molecular flexibility index (Phi) is 4.54. The molecule has 0 unspecified atom stereocenters. The van der Waals surface area contributed by atoms with E-state index in [2.05, 4.69) is 10.4 Å². The van der Waals surface area contributed by atoms with Crippen LogP contribution in [0.4, 0.5) is 11.5 Å². The molecular weight excluding hydrogens is 314 g/mol. The van der Waals surface area contributed by atoms with Gasteiger partial charge in [0.25, 0.3) is 5.56 Å². The quantitative estimate of drug-likeness (QED) is 0.766. The third kappa shape index (κ3) is 3.05. The van der Waals surface area contributed by atoms with E-state index in [0.717, 1.165) is 4.57 Å². The molecule has 0 aliphatic carbocycles. The van der Waals surface area contributed by atoms with E-state index in [9.17, 15) is 19.6 Å². The van der Waals surface area contributed by atoms with Crippen LogP contribution in [0.5, 0.6) is 0 Å². The maximum Gasteiger partial charge on any atom is 0.332 e. The summed E-state index contributed by atoms with van der Waals surface area (Å²) < 4.78 is 3.45. The van der Waals surface area contributed by atoms with Crippen molar-refractivity contribution in [1.82, 2.24) is 23.8 Å². The average Bonchev–Trinajstić information content (AvgIpc) is 2.98. The number of carbonyl (C=O) groups excluding carboxylic acids is 1. The normalized spacial score (nSPS) is 10.3. The molecule has 0 radical (unpaired) electrons. The lowest BCUT2D eigenvalue weighted by molar-refractivity contribution is -0.129. The minimum atomic E-state index is -0.682. The number of hydrogen-bond donors (Lipinski definition) is 1. The summed E-state index contributed by atoms with van der Waals surface area (Å²) in [6, 6.07) is 1.80. The Bertz CT molecular complexity index is 943. The Labute approximate surface area is 137 Å². The standard InChI is InChI=1S/C14H17N7O3/c1-18(2)11(22)8-21-7-9(6-16-21)17-12-10(5-15)13(23)20(4)14(24)19(12)3/h6-7,17H,8H2,1-4H3. The van der Waals surface area contributed by atoms with E-state index in [-0.39, 0.29) is 23.8 Å². The van der Waals surface area contributed by atoms with Crippen molar-refractivity contribution in [2.45, 2.75) is 6.54 Å². The van der Waals surface area contributed by atoms with Crippen molar-refractivity contribution >= 4 is 17.4 Å². The minimum absolute atomic E-state index is 0.0509. The summed E-state index contributed by atoms with van der Waals surface area (Å²) in [7, 11) is 6.03. The second-order valence-corrected chi connectivity index (χ2v) is 5.38. The molecule has 2 aromatic rings. The molecule has 0 saturated heterocycles. The SMILES string of the molecule is CN(C)C(=O)Cn1cc(Nc2c(C#N)c(=O)n(C)c(=O)n2C)cn1. The number of anilines is 2. The molecule has 24 heavy (non-hydrogen) atoms. The van der Waals surface area contributed by atoms with Crippen molar-refractivity contribution in [3.05, 3.63) is 38.8 Å². The van der Waals surface area contributed by atoms with Crippen LogP contribution < -0.4 is 16.6 Å². The third-order valence-electron chi connectivity index (χ3n) is 3.47. The topological polar surface area (TPSA) is 118 Å². The number of nitrogens with zero attached hydrogens (tertiary/aromatic N) is 6. The molecular formula is C14H17N7O3. The number of carbonyl (C=O) groups is 1. The molecule has 0 aliphatic heterocycles. The molecule has 0 spiro atoms. The fraction of sp³-hybridized carbons (Fsp3) is 0.357. The van der Waals surface area contributed by atoms with E-state index < -0.39 is 11.2 Å². The molecule has 1 amide bonds. The van der Waals surface area contributed by atoms with Gasteiger partial charge in [0.15, 0.2) is 5.56 Å². The van der Waals surface area contributed by atoms with Gasteiger partial charge in [0.05, 0.1) is 11.9 Å². The van der Waals surface area contributed by atoms with Gasteiger partial charge in [0.1, 0.15) is 18.4 Å². The van der Waals surface area contributed by atoms with E-state index >= 15 is 0 Å². The molecule has 10 heteroatoms. The third-order valence-corrected chi connectivity index (χ3v) is 3.47. The number of rotatable bonds is 4. The van der Waals surface area contributed by atoms with Gasteiger partial charge >= 0.3 is 5.69 Å². The van der Waals surface area contributed by atoms with Crippen molar-refractivity contribution in [2.24, 2.45) is 14.1 Å². The summed E-state index contributed by atoms with van der Waals surface area (Å²) in [6.07, 6.45) is 2.98. The summed E-state index contributed by atoms with van der Waals surface area (Å²) in [5, 5.41) is 16.1. The predicted molar refractivity (Wildman–Crippen MR) is 85.8 cm³/mol. The summed E-state index contributed by atoms with van der Waals surface area (Å²) in [4.78, 5) is 37.1. The van der Waals surface area contributed by atoms with Crippen LogP contribution in [0.25, 0.3) is 0 Å². The van der Waals surface area contributed by atoms with Crippen molar-refractivity contribution in [3.8, 4) is 6.07 Å². The zero-order valence-electron chi connectivity index (χ0n) is 13.8. The molecule has 0 atom stereocenters. The highest BCUT2D eigenvalue weighted by molar-refractivity contribution is 5.75. The Morgan fingerprint density at radius 1 is 1.33 bits per heavy atom. The number of nitrogens with one attached hydrogen (secondary N) is 1. The van der Waals surface area contributed by atoms with Gasteiger partial charge in [-0.2, -0.15) is 10.4 Å². The fourth-order valence-corrected chi connectivity index (χ4v) is 2.02. The van der Waals surface area contributed by atoms with Crippen LogP contribution >= 0.6 is 0 Å². The summed E-state index contributed by atoms with van der Waals surface area (Å²) in [5.41, 5.74) is -0.979.